The summed E-state index contributed by atoms with van der Waals surface area (Å²) < 4.78 is 7.17. The molecule has 0 spiro atoms. The van der Waals surface area contributed by atoms with E-state index >= 15 is 0 Å². The lowest BCUT2D eigenvalue weighted by Gasteiger charge is -2.16. The van der Waals surface area contributed by atoms with Crippen LogP contribution >= 0.6 is 23.8 Å². The van der Waals surface area contributed by atoms with Crippen molar-refractivity contribution in [3.05, 3.63) is 51.8 Å². The number of hydrogen-bond acceptors (Lipinski definition) is 4. The summed E-state index contributed by atoms with van der Waals surface area (Å²) >= 11 is 11.0. The van der Waals surface area contributed by atoms with E-state index in [0.29, 0.717) is 10.8 Å². The first-order chi connectivity index (χ1) is 12.3. The van der Waals surface area contributed by atoms with Crippen LogP contribution in [0.25, 0.3) is 11.8 Å². The average molecular weight is 390 g/mol. The molecule has 0 unspecified atom stereocenters. The molecule has 1 fully saturated rings. The van der Waals surface area contributed by atoms with E-state index in [1.54, 1.807) is 25.3 Å². The molecule has 1 aromatic heterocycles. The summed E-state index contributed by atoms with van der Waals surface area (Å²) in [6.45, 7) is 3.84. The van der Waals surface area contributed by atoms with Gasteiger partial charge in [0.1, 0.15) is 11.3 Å². The second-order valence-electron chi connectivity index (χ2n) is 5.78. The number of rotatable bonds is 3. The van der Waals surface area contributed by atoms with E-state index < -0.39 is 11.8 Å². The summed E-state index contributed by atoms with van der Waals surface area (Å²) in [5, 5.41) is 5.36. The van der Waals surface area contributed by atoms with Crippen LogP contribution < -0.4 is 15.4 Å². The van der Waals surface area contributed by atoms with Crippen molar-refractivity contribution in [1.29, 1.82) is 0 Å². The number of nitrogens with zero attached hydrogens (tertiary/aromatic N) is 1. The smallest absolute Gasteiger partial charge is 0.263 e. The maximum absolute atomic E-state index is 12.0. The van der Waals surface area contributed by atoms with E-state index in [-0.39, 0.29) is 10.7 Å². The molecule has 1 aromatic carbocycles. The van der Waals surface area contributed by atoms with E-state index in [2.05, 4.69) is 10.6 Å². The van der Waals surface area contributed by atoms with Gasteiger partial charge in [-0.05, 0) is 62.0 Å². The Hall–Kier alpha value is -2.64. The van der Waals surface area contributed by atoms with Crippen LogP contribution in [-0.2, 0) is 9.59 Å². The highest BCUT2D eigenvalue weighted by atomic mass is 35.5. The van der Waals surface area contributed by atoms with Gasteiger partial charge in [-0.25, -0.2) is 0 Å². The Morgan fingerprint density at radius 2 is 1.81 bits per heavy atom. The van der Waals surface area contributed by atoms with Crippen LogP contribution in [0.4, 0.5) is 0 Å². The lowest BCUT2D eigenvalue weighted by molar-refractivity contribution is -0.123. The van der Waals surface area contributed by atoms with Crippen molar-refractivity contribution < 1.29 is 14.3 Å². The van der Waals surface area contributed by atoms with Gasteiger partial charge in [-0.15, -0.1) is 0 Å². The van der Waals surface area contributed by atoms with Crippen LogP contribution in [0.3, 0.4) is 0 Å². The molecule has 0 bridgehead atoms. The summed E-state index contributed by atoms with van der Waals surface area (Å²) in [7, 11) is 1.56. The topological polar surface area (TPSA) is 72.4 Å². The standard InChI is InChI=1S/C18H16ClN3O3S/c1-9-6-11(7-13-16(23)20-18(26)21-17(13)24)10(2)22(9)12-4-5-15(25-3)14(19)8-12/h4-8H,1-3H3,(H2,20,21,23,24,26). The normalized spacial score (nSPS) is 14.2. The summed E-state index contributed by atoms with van der Waals surface area (Å²) in [5.74, 6) is -0.446. The Kier molecular flexibility index (Phi) is 4.84. The van der Waals surface area contributed by atoms with Gasteiger partial charge in [0, 0.05) is 17.1 Å². The molecule has 0 radical (unpaired) electrons. The van der Waals surface area contributed by atoms with E-state index in [9.17, 15) is 9.59 Å². The van der Waals surface area contributed by atoms with Crippen molar-refractivity contribution in [2.45, 2.75) is 13.8 Å². The van der Waals surface area contributed by atoms with Crippen molar-refractivity contribution >= 4 is 46.8 Å². The zero-order valence-corrected chi connectivity index (χ0v) is 15.9. The molecule has 0 aliphatic carbocycles. The third-order valence-corrected chi connectivity index (χ3v) is 4.61. The first kappa shape index (κ1) is 18.2. The number of ether oxygens (including phenoxy) is 1. The quantitative estimate of drug-likeness (QED) is 0.481. The monoisotopic (exact) mass is 389 g/mol. The van der Waals surface area contributed by atoms with E-state index in [1.165, 1.54) is 0 Å². The number of nitrogens with one attached hydrogen (secondary N) is 2. The molecule has 26 heavy (non-hydrogen) atoms. The van der Waals surface area contributed by atoms with Crippen LogP contribution in [0.1, 0.15) is 17.0 Å². The Balaban J connectivity index is 2.05. The molecule has 2 N–H and O–H groups in total. The largest absolute Gasteiger partial charge is 0.495 e. The summed E-state index contributed by atoms with van der Waals surface area (Å²) in [6, 6.07) is 7.38. The maximum atomic E-state index is 12.0. The minimum Gasteiger partial charge on any atom is -0.495 e. The number of hydrogen-bond donors (Lipinski definition) is 2. The highest BCUT2D eigenvalue weighted by Gasteiger charge is 2.26. The van der Waals surface area contributed by atoms with Crippen LogP contribution in [0.2, 0.25) is 5.02 Å². The van der Waals surface area contributed by atoms with E-state index in [4.69, 9.17) is 28.6 Å². The van der Waals surface area contributed by atoms with Gasteiger partial charge in [0.25, 0.3) is 11.8 Å². The number of carbonyl (C=O) groups is 2. The van der Waals surface area contributed by atoms with Crippen LogP contribution in [0.5, 0.6) is 5.75 Å². The van der Waals surface area contributed by atoms with Crippen molar-refractivity contribution in [2.75, 3.05) is 7.11 Å². The molecule has 1 saturated heterocycles. The number of amides is 2. The third-order valence-electron chi connectivity index (χ3n) is 4.11. The summed E-state index contributed by atoms with van der Waals surface area (Å²) in [5.41, 5.74) is 3.41. The minimum atomic E-state index is -0.518. The van der Waals surface area contributed by atoms with Gasteiger partial charge in [0.2, 0.25) is 0 Å². The molecular weight excluding hydrogens is 374 g/mol. The highest BCUT2D eigenvalue weighted by Crippen LogP contribution is 2.29. The van der Waals surface area contributed by atoms with Crippen LogP contribution in [0.15, 0.2) is 29.8 Å². The predicted octanol–water partition coefficient (Wildman–Crippen LogP) is 2.67. The minimum absolute atomic E-state index is 0.00612. The molecule has 6 nitrogen and oxygen atoms in total. The van der Waals surface area contributed by atoms with Crippen LogP contribution in [-0.4, -0.2) is 28.6 Å². The fraction of sp³-hybridized carbons (Fsp3) is 0.167. The molecule has 2 amide bonds. The Morgan fingerprint density at radius 3 is 2.38 bits per heavy atom. The van der Waals surface area contributed by atoms with Gasteiger partial charge < -0.3 is 9.30 Å². The fourth-order valence-electron chi connectivity index (χ4n) is 2.89. The van der Waals surface area contributed by atoms with Gasteiger partial charge in [-0.1, -0.05) is 11.6 Å². The maximum Gasteiger partial charge on any atom is 0.263 e. The zero-order chi connectivity index (χ0) is 19.0. The van der Waals surface area contributed by atoms with Crippen LogP contribution in [0, 0.1) is 13.8 Å². The number of halogens is 1. The van der Waals surface area contributed by atoms with Crippen molar-refractivity contribution in [3.8, 4) is 11.4 Å². The number of benzene rings is 1. The number of thiocarbonyl (C=S) groups is 1. The second kappa shape index (κ2) is 6.93. The van der Waals surface area contributed by atoms with E-state index in [1.807, 2.05) is 30.5 Å². The molecular formula is C18H16ClN3O3S. The average Bonchev–Trinajstić information content (AvgIpc) is 2.84. The second-order valence-corrected chi connectivity index (χ2v) is 6.59. The first-order valence-electron chi connectivity index (χ1n) is 7.73. The fourth-order valence-corrected chi connectivity index (χ4v) is 3.32. The number of aryl methyl sites for hydroxylation is 1. The third kappa shape index (κ3) is 3.23. The molecule has 0 saturated carbocycles. The predicted molar refractivity (Wildman–Crippen MR) is 104 cm³/mol. The number of carbonyl (C=O) groups excluding carboxylic acids is 2. The van der Waals surface area contributed by atoms with Gasteiger partial charge in [0.15, 0.2) is 5.11 Å². The molecule has 2 heterocycles. The molecule has 8 heteroatoms. The molecule has 2 aromatic rings. The van der Waals surface area contributed by atoms with E-state index in [0.717, 1.165) is 22.6 Å². The Morgan fingerprint density at radius 1 is 1.15 bits per heavy atom. The molecule has 1 aliphatic rings. The van der Waals surface area contributed by atoms with Gasteiger partial charge >= 0.3 is 0 Å². The zero-order valence-electron chi connectivity index (χ0n) is 14.3. The Bertz CT molecular complexity index is 956. The summed E-state index contributed by atoms with van der Waals surface area (Å²) in [4.78, 5) is 24.1. The SMILES string of the molecule is COc1ccc(-n2c(C)cc(C=C3C(=O)NC(=S)NC3=O)c2C)cc1Cl. The van der Waals surface area contributed by atoms with Gasteiger partial charge in [-0.2, -0.15) is 0 Å². The Labute approximate surface area is 160 Å². The van der Waals surface area contributed by atoms with Crippen molar-refractivity contribution in [2.24, 2.45) is 0 Å². The first-order valence-corrected chi connectivity index (χ1v) is 8.51. The van der Waals surface area contributed by atoms with Crippen molar-refractivity contribution in [3.63, 3.8) is 0 Å². The molecule has 1 aliphatic heterocycles. The lowest BCUT2D eigenvalue weighted by Crippen LogP contribution is -2.51. The number of methoxy groups -OCH3 is 1. The lowest BCUT2D eigenvalue weighted by atomic mass is 10.1. The molecule has 0 atom stereocenters. The highest BCUT2D eigenvalue weighted by molar-refractivity contribution is 7.80. The molecule has 3 rings (SSSR count). The van der Waals surface area contributed by atoms with Gasteiger partial charge in [0.05, 0.1) is 12.1 Å². The molecule has 134 valence electrons. The van der Waals surface area contributed by atoms with Crippen molar-refractivity contribution in [1.82, 2.24) is 15.2 Å². The van der Waals surface area contributed by atoms with Gasteiger partial charge in [-0.3, -0.25) is 20.2 Å². The number of aromatic nitrogens is 1. The summed E-state index contributed by atoms with van der Waals surface area (Å²) in [6.07, 6.45) is 1.55.